The summed E-state index contributed by atoms with van der Waals surface area (Å²) < 4.78 is 29.3. The monoisotopic (exact) mass is 598 g/mol. The lowest BCUT2D eigenvalue weighted by Crippen LogP contribution is -2.17. The van der Waals surface area contributed by atoms with Crippen LogP contribution in [0.2, 0.25) is 0 Å². The van der Waals surface area contributed by atoms with Crippen LogP contribution in [0.1, 0.15) is 27.0 Å². The van der Waals surface area contributed by atoms with E-state index in [1.807, 2.05) is 67.6 Å². The molecule has 7 nitrogen and oxygen atoms in total. The average molecular weight is 599 g/mol. The van der Waals surface area contributed by atoms with Gasteiger partial charge in [-0.2, -0.15) is 0 Å². The number of rotatable bonds is 10. The van der Waals surface area contributed by atoms with Crippen molar-refractivity contribution in [1.82, 2.24) is 0 Å². The Labute approximate surface area is 260 Å². The fourth-order valence-corrected chi connectivity index (χ4v) is 4.87. The highest BCUT2D eigenvalue weighted by molar-refractivity contribution is 5.94. The Morgan fingerprint density at radius 3 is 1.82 bits per heavy atom. The second-order valence-corrected chi connectivity index (χ2v) is 10.4. The van der Waals surface area contributed by atoms with Gasteiger partial charge in [0.1, 0.15) is 41.4 Å². The summed E-state index contributed by atoms with van der Waals surface area (Å²) in [4.78, 5) is 27.3. The first kappa shape index (κ1) is 29.3. The SMILES string of the molecule is COc1cc(C)cc2oc(-c3ccc(OCc4ccccc4)cc3)c(OC(=O)c3ccc(OCc4ccccc4)cc3)c(=O)c12. The molecule has 0 aliphatic heterocycles. The Morgan fingerprint density at radius 1 is 0.711 bits per heavy atom. The number of hydrogen-bond donors (Lipinski definition) is 0. The van der Waals surface area contributed by atoms with E-state index in [9.17, 15) is 9.59 Å². The Kier molecular flexibility index (Phi) is 8.60. The highest BCUT2D eigenvalue weighted by Crippen LogP contribution is 2.36. The van der Waals surface area contributed by atoms with E-state index in [0.717, 1.165) is 16.7 Å². The van der Waals surface area contributed by atoms with Gasteiger partial charge in [-0.25, -0.2) is 4.79 Å². The molecule has 45 heavy (non-hydrogen) atoms. The van der Waals surface area contributed by atoms with Crippen molar-refractivity contribution in [2.24, 2.45) is 0 Å². The highest BCUT2D eigenvalue weighted by atomic mass is 16.5. The molecule has 0 bridgehead atoms. The second-order valence-electron chi connectivity index (χ2n) is 10.4. The normalized spacial score (nSPS) is 10.8. The number of carbonyl (C=O) groups excluding carboxylic acids is 1. The van der Waals surface area contributed by atoms with Crippen LogP contribution in [0.5, 0.6) is 23.0 Å². The van der Waals surface area contributed by atoms with E-state index >= 15 is 0 Å². The summed E-state index contributed by atoms with van der Waals surface area (Å²) in [5.74, 6) is 0.717. The van der Waals surface area contributed by atoms with Gasteiger partial charge in [0.15, 0.2) is 5.76 Å². The van der Waals surface area contributed by atoms with Crippen LogP contribution < -0.4 is 24.4 Å². The topological polar surface area (TPSA) is 84.2 Å². The molecule has 0 aliphatic carbocycles. The molecule has 0 N–H and O–H groups in total. The molecule has 0 saturated heterocycles. The van der Waals surface area contributed by atoms with E-state index in [4.69, 9.17) is 23.4 Å². The van der Waals surface area contributed by atoms with Crippen LogP contribution in [0.25, 0.3) is 22.3 Å². The zero-order chi connectivity index (χ0) is 31.2. The molecule has 6 aromatic rings. The molecule has 0 amide bonds. The van der Waals surface area contributed by atoms with Gasteiger partial charge >= 0.3 is 5.97 Å². The zero-order valence-corrected chi connectivity index (χ0v) is 24.8. The molecule has 1 heterocycles. The Hall–Kier alpha value is -5.82. The van der Waals surface area contributed by atoms with Gasteiger partial charge in [-0.3, -0.25) is 4.79 Å². The third-order valence-electron chi connectivity index (χ3n) is 7.18. The second kappa shape index (κ2) is 13.2. The number of benzene rings is 5. The lowest BCUT2D eigenvalue weighted by atomic mass is 10.1. The molecule has 7 heteroatoms. The number of fused-ring (bicyclic) bond motifs is 1. The predicted molar refractivity (Wildman–Crippen MR) is 172 cm³/mol. The molecule has 224 valence electrons. The number of esters is 1. The molecule has 6 rings (SSSR count). The quantitative estimate of drug-likeness (QED) is 0.147. The van der Waals surface area contributed by atoms with E-state index in [1.54, 1.807) is 60.7 Å². The van der Waals surface area contributed by atoms with Crippen molar-refractivity contribution in [3.8, 4) is 34.3 Å². The fraction of sp³-hybridized carbons (Fsp3) is 0.105. The van der Waals surface area contributed by atoms with Gasteiger partial charge in [0.25, 0.3) is 0 Å². The number of hydrogen-bond acceptors (Lipinski definition) is 7. The van der Waals surface area contributed by atoms with Crippen LogP contribution in [-0.4, -0.2) is 13.1 Å². The van der Waals surface area contributed by atoms with Crippen LogP contribution in [0.15, 0.2) is 131 Å². The maximum Gasteiger partial charge on any atom is 0.343 e. The summed E-state index contributed by atoms with van der Waals surface area (Å²) in [5, 5.41) is 0.183. The van der Waals surface area contributed by atoms with Gasteiger partial charge in [-0.1, -0.05) is 60.7 Å². The van der Waals surface area contributed by atoms with E-state index in [-0.39, 0.29) is 22.5 Å². The minimum Gasteiger partial charge on any atom is -0.496 e. The maximum absolute atomic E-state index is 13.9. The van der Waals surface area contributed by atoms with Crippen molar-refractivity contribution in [1.29, 1.82) is 0 Å². The maximum atomic E-state index is 13.9. The molecule has 0 spiro atoms. The first-order valence-corrected chi connectivity index (χ1v) is 14.4. The zero-order valence-electron chi connectivity index (χ0n) is 24.8. The fourth-order valence-electron chi connectivity index (χ4n) is 4.87. The summed E-state index contributed by atoms with van der Waals surface area (Å²) in [6.07, 6.45) is 0. The lowest BCUT2D eigenvalue weighted by Gasteiger charge is -2.13. The van der Waals surface area contributed by atoms with Gasteiger partial charge in [0.05, 0.1) is 12.7 Å². The number of ether oxygens (including phenoxy) is 4. The van der Waals surface area contributed by atoms with Crippen LogP contribution in [0.4, 0.5) is 0 Å². The number of methoxy groups -OCH3 is 1. The lowest BCUT2D eigenvalue weighted by molar-refractivity contribution is 0.0731. The molecule has 1 aromatic heterocycles. The van der Waals surface area contributed by atoms with Crippen LogP contribution in [0, 0.1) is 6.92 Å². The minimum absolute atomic E-state index is 0.117. The van der Waals surface area contributed by atoms with E-state index < -0.39 is 11.4 Å². The van der Waals surface area contributed by atoms with Crippen molar-refractivity contribution >= 4 is 16.9 Å². The van der Waals surface area contributed by atoms with Gasteiger partial charge in [-0.05, 0) is 84.3 Å². The van der Waals surface area contributed by atoms with Gasteiger partial charge < -0.3 is 23.4 Å². The van der Waals surface area contributed by atoms with Crippen molar-refractivity contribution in [2.45, 2.75) is 20.1 Å². The molecule has 0 fully saturated rings. The standard InChI is InChI=1S/C38H30O7/c1-25-21-32(41-2)34-33(22-25)44-36(28-13-17-30(18-14-28)42-23-26-9-5-3-6-10-26)37(35(34)39)45-38(40)29-15-19-31(20-16-29)43-24-27-11-7-4-8-12-27/h3-22H,23-24H2,1-2H3. The van der Waals surface area contributed by atoms with E-state index in [0.29, 0.717) is 41.6 Å². The molecule has 0 aliphatic rings. The summed E-state index contributed by atoms with van der Waals surface area (Å²) in [6.45, 7) is 2.68. The first-order chi connectivity index (χ1) is 22.0. The third-order valence-corrected chi connectivity index (χ3v) is 7.18. The average Bonchev–Trinajstić information content (AvgIpc) is 3.08. The Bertz CT molecular complexity index is 1980. The molecule has 0 saturated carbocycles. The van der Waals surface area contributed by atoms with E-state index in [1.165, 1.54) is 7.11 Å². The minimum atomic E-state index is -0.716. The van der Waals surface area contributed by atoms with Crippen molar-refractivity contribution in [2.75, 3.05) is 7.11 Å². The van der Waals surface area contributed by atoms with Crippen molar-refractivity contribution in [3.63, 3.8) is 0 Å². The van der Waals surface area contributed by atoms with Gasteiger partial charge in [0, 0.05) is 5.56 Å². The van der Waals surface area contributed by atoms with Gasteiger partial charge in [-0.15, -0.1) is 0 Å². The van der Waals surface area contributed by atoms with Crippen LogP contribution in [-0.2, 0) is 13.2 Å². The van der Waals surface area contributed by atoms with Crippen LogP contribution >= 0.6 is 0 Å². The first-order valence-electron chi connectivity index (χ1n) is 14.4. The number of aryl methyl sites for hydroxylation is 1. The summed E-state index contributed by atoms with van der Waals surface area (Å²) in [5.41, 5.74) is 3.48. The number of carbonyl (C=O) groups is 1. The summed E-state index contributed by atoms with van der Waals surface area (Å²) >= 11 is 0. The van der Waals surface area contributed by atoms with Gasteiger partial charge in [0.2, 0.25) is 11.2 Å². The molecule has 0 radical (unpaired) electrons. The molecule has 0 atom stereocenters. The highest BCUT2D eigenvalue weighted by Gasteiger charge is 2.24. The molecule has 5 aromatic carbocycles. The van der Waals surface area contributed by atoms with Crippen molar-refractivity contribution < 1.29 is 28.2 Å². The Balaban J connectivity index is 1.30. The van der Waals surface area contributed by atoms with Crippen LogP contribution in [0.3, 0.4) is 0 Å². The van der Waals surface area contributed by atoms with Crippen molar-refractivity contribution in [3.05, 3.63) is 154 Å². The summed E-state index contributed by atoms with van der Waals surface area (Å²) in [6, 6.07) is 36.7. The largest absolute Gasteiger partial charge is 0.496 e. The summed E-state index contributed by atoms with van der Waals surface area (Å²) in [7, 11) is 1.48. The smallest absolute Gasteiger partial charge is 0.343 e. The Morgan fingerprint density at radius 2 is 1.27 bits per heavy atom. The van der Waals surface area contributed by atoms with E-state index in [2.05, 4.69) is 0 Å². The molecular weight excluding hydrogens is 568 g/mol. The predicted octanol–water partition coefficient (Wildman–Crippen LogP) is 8.15. The molecular formula is C38H30O7. The third kappa shape index (κ3) is 6.73. The molecule has 0 unspecified atom stereocenters.